The highest BCUT2D eigenvalue weighted by molar-refractivity contribution is 5.76. The monoisotopic (exact) mass is 316 g/mol. The van der Waals surface area contributed by atoms with Gasteiger partial charge in [0.05, 0.1) is 17.6 Å². The van der Waals surface area contributed by atoms with Crippen molar-refractivity contribution < 1.29 is 0 Å². The highest BCUT2D eigenvalue weighted by Crippen LogP contribution is 2.36. The van der Waals surface area contributed by atoms with Crippen LogP contribution in [-0.2, 0) is 0 Å². The van der Waals surface area contributed by atoms with Crippen LogP contribution in [0.3, 0.4) is 0 Å². The lowest BCUT2D eigenvalue weighted by atomic mass is 10.2. The summed E-state index contributed by atoms with van der Waals surface area (Å²) in [7, 11) is 2.19. The van der Waals surface area contributed by atoms with Crippen LogP contribution in [0.25, 0.3) is 0 Å². The van der Waals surface area contributed by atoms with Crippen molar-refractivity contribution in [1.82, 2.24) is 14.8 Å². The molecule has 1 N–H and O–H groups in total. The summed E-state index contributed by atoms with van der Waals surface area (Å²) in [5.74, 6) is 1.14. The van der Waals surface area contributed by atoms with Crippen LogP contribution in [-0.4, -0.2) is 79.9 Å². The molecule has 6 nitrogen and oxygen atoms in total. The predicted octanol–water partition coefficient (Wildman–Crippen LogP) is 1.12. The number of aromatic nitrogens is 1. The van der Waals surface area contributed by atoms with E-state index in [0.717, 1.165) is 51.6 Å². The number of piperazine rings is 2. The Hall–Kier alpha value is -1.53. The average molecular weight is 316 g/mol. The number of hydrogen-bond acceptors (Lipinski definition) is 6. The maximum absolute atomic E-state index is 4.80. The van der Waals surface area contributed by atoms with E-state index in [2.05, 4.69) is 58.1 Å². The van der Waals surface area contributed by atoms with Gasteiger partial charge >= 0.3 is 0 Å². The Morgan fingerprint density at radius 2 is 1.91 bits per heavy atom. The molecule has 23 heavy (non-hydrogen) atoms. The number of hydrogen-bond donors (Lipinski definition) is 1. The van der Waals surface area contributed by atoms with E-state index in [1.165, 1.54) is 11.4 Å². The number of nitrogens with zero attached hydrogens (tertiary/aromatic N) is 5. The Labute approximate surface area is 139 Å². The third-order valence-corrected chi connectivity index (χ3v) is 5.46. The summed E-state index contributed by atoms with van der Waals surface area (Å²) < 4.78 is 0. The molecule has 2 fully saturated rings. The molecule has 0 radical (unpaired) electrons. The molecule has 3 aliphatic heterocycles. The van der Waals surface area contributed by atoms with Crippen molar-refractivity contribution in [3.63, 3.8) is 0 Å². The maximum Gasteiger partial charge on any atom is 0.153 e. The lowest BCUT2D eigenvalue weighted by Gasteiger charge is -2.39. The first-order valence-electron chi connectivity index (χ1n) is 8.82. The average Bonchev–Trinajstić information content (AvgIpc) is 2.92. The maximum atomic E-state index is 4.80. The van der Waals surface area contributed by atoms with Crippen molar-refractivity contribution >= 4 is 17.2 Å². The minimum Gasteiger partial charge on any atom is -0.368 e. The Morgan fingerprint density at radius 1 is 1.13 bits per heavy atom. The molecule has 0 aromatic carbocycles. The van der Waals surface area contributed by atoms with Gasteiger partial charge in [0.15, 0.2) is 5.82 Å². The van der Waals surface area contributed by atoms with Crippen LogP contribution < -0.4 is 15.1 Å². The van der Waals surface area contributed by atoms with E-state index in [0.29, 0.717) is 12.2 Å². The van der Waals surface area contributed by atoms with Crippen LogP contribution in [0.5, 0.6) is 0 Å². The highest BCUT2D eigenvalue weighted by Gasteiger charge is 2.35. The zero-order valence-electron chi connectivity index (χ0n) is 14.5. The molecule has 3 aliphatic rings. The molecule has 1 atom stereocenters. The molecule has 0 bridgehead atoms. The fourth-order valence-corrected chi connectivity index (χ4v) is 3.85. The number of rotatable bonds is 2. The summed E-state index contributed by atoms with van der Waals surface area (Å²) >= 11 is 0. The lowest BCUT2D eigenvalue weighted by Crippen LogP contribution is -2.55. The summed E-state index contributed by atoms with van der Waals surface area (Å²) in [4.78, 5) is 14.6. The number of nitrogens with one attached hydrogen (secondary N) is 1. The van der Waals surface area contributed by atoms with Gasteiger partial charge in [-0.3, -0.25) is 4.90 Å². The van der Waals surface area contributed by atoms with Crippen LogP contribution >= 0.6 is 0 Å². The van der Waals surface area contributed by atoms with Crippen molar-refractivity contribution in [1.29, 1.82) is 0 Å². The van der Waals surface area contributed by atoms with Crippen molar-refractivity contribution in [3.8, 4) is 0 Å². The molecule has 4 rings (SSSR count). The fraction of sp³-hybridized carbons (Fsp3) is 0.706. The van der Waals surface area contributed by atoms with Crippen LogP contribution in [0.15, 0.2) is 12.3 Å². The first kappa shape index (κ1) is 15.0. The molecule has 2 saturated heterocycles. The molecule has 126 valence electrons. The molecule has 1 aromatic rings. The molecule has 0 spiro atoms. The van der Waals surface area contributed by atoms with Crippen molar-refractivity contribution in [2.45, 2.75) is 26.1 Å². The van der Waals surface area contributed by atoms with E-state index >= 15 is 0 Å². The van der Waals surface area contributed by atoms with Crippen molar-refractivity contribution in [2.75, 3.05) is 68.0 Å². The van der Waals surface area contributed by atoms with Crippen LogP contribution in [0, 0.1) is 0 Å². The molecule has 0 amide bonds. The van der Waals surface area contributed by atoms with Crippen LogP contribution in [0.2, 0.25) is 0 Å². The molecule has 0 aliphatic carbocycles. The van der Waals surface area contributed by atoms with Gasteiger partial charge in [0.1, 0.15) is 6.17 Å². The predicted molar refractivity (Wildman–Crippen MR) is 95.4 cm³/mol. The van der Waals surface area contributed by atoms with E-state index in [1.807, 2.05) is 0 Å². The van der Waals surface area contributed by atoms with Gasteiger partial charge in [-0.25, -0.2) is 4.98 Å². The van der Waals surface area contributed by atoms with Gasteiger partial charge in [0, 0.05) is 51.9 Å². The van der Waals surface area contributed by atoms with E-state index in [9.17, 15) is 0 Å². The second kappa shape index (κ2) is 5.83. The summed E-state index contributed by atoms with van der Waals surface area (Å²) in [5.41, 5.74) is 2.46. The third-order valence-electron chi connectivity index (χ3n) is 5.46. The summed E-state index contributed by atoms with van der Waals surface area (Å²) in [6, 6.07) is 2.91. The highest BCUT2D eigenvalue weighted by atomic mass is 15.4. The van der Waals surface area contributed by atoms with Crippen molar-refractivity contribution in [3.05, 3.63) is 12.3 Å². The van der Waals surface area contributed by atoms with Crippen molar-refractivity contribution in [2.24, 2.45) is 0 Å². The Kier molecular flexibility index (Phi) is 3.81. The van der Waals surface area contributed by atoms with Gasteiger partial charge in [-0.05, 0) is 27.0 Å². The summed E-state index contributed by atoms with van der Waals surface area (Å²) in [6.07, 6.45) is 2.43. The fourth-order valence-electron chi connectivity index (χ4n) is 3.85. The quantitative estimate of drug-likeness (QED) is 0.881. The number of likely N-dealkylation sites (N-methyl/N-ethyl adjacent to an activating group) is 1. The van der Waals surface area contributed by atoms with Gasteiger partial charge in [-0.1, -0.05) is 0 Å². The number of pyridine rings is 1. The molecular weight excluding hydrogens is 288 g/mol. The van der Waals surface area contributed by atoms with E-state index < -0.39 is 0 Å². The topological polar surface area (TPSA) is 37.9 Å². The zero-order valence-corrected chi connectivity index (χ0v) is 14.5. The third kappa shape index (κ3) is 2.74. The van der Waals surface area contributed by atoms with Gasteiger partial charge in [0.25, 0.3) is 0 Å². The molecule has 6 heteroatoms. The second-order valence-corrected chi connectivity index (χ2v) is 7.30. The van der Waals surface area contributed by atoms with Gasteiger partial charge in [-0.15, -0.1) is 0 Å². The van der Waals surface area contributed by atoms with E-state index in [1.54, 1.807) is 0 Å². The van der Waals surface area contributed by atoms with E-state index in [-0.39, 0.29) is 0 Å². The second-order valence-electron chi connectivity index (χ2n) is 7.30. The van der Waals surface area contributed by atoms with Gasteiger partial charge in [-0.2, -0.15) is 0 Å². The van der Waals surface area contributed by atoms with Gasteiger partial charge < -0.3 is 20.0 Å². The molecule has 0 saturated carbocycles. The molecule has 4 heterocycles. The smallest absolute Gasteiger partial charge is 0.153 e. The summed E-state index contributed by atoms with van der Waals surface area (Å²) in [5, 5.41) is 3.69. The van der Waals surface area contributed by atoms with Crippen LogP contribution in [0.1, 0.15) is 13.8 Å². The first-order chi connectivity index (χ1) is 11.1. The normalized spacial score (nSPS) is 25.5. The number of anilines is 3. The SMILES string of the molecule is CC(C)N1CCN2c3ncc(N4CCN(C)CC4)cc3NC2C1. The number of fused-ring (bicyclic) bond motifs is 3. The van der Waals surface area contributed by atoms with E-state index in [4.69, 9.17) is 4.98 Å². The Balaban J connectivity index is 1.51. The molecule has 1 unspecified atom stereocenters. The first-order valence-corrected chi connectivity index (χ1v) is 8.82. The minimum absolute atomic E-state index is 0.372. The summed E-state index contributed by atoms with van der Waals surface area (Å²) in [6.45, 7) is 12.2. The standard InChI is InChI=1S/C17H28N6/c1-13(2)22-8-9-23-16(12-22)19-15-10-14(11-18-17(15)23)21-6-4-20(3)5-7-21/h10-11,13,16,19H,4-9,12H2,1-3H3. The lowest BCUT2D eigenvalue weighted by molar-refractivity contribution is 0.190. The molecular formula is C17H28N6. The van der Waals surface area contributed by atoms with Gasteiger partial charge in [0.2, 0.25) is 0 Å². The zero-order chi connectivity index (χ0) is 16.0. The largest absolute Gasteiger partial charge is 0.368 e. The van der Waals surface area contributed by atoms with Crippen LogP contribution in [0.4, 0.5) is 17.2 Å². The Bertz CT molecular complexity index is 566. The Morgan fingerprint density at radius 3 is 2.65 bits per heavy atom. The molecule has 1 aromatic heterocycles. The minimum atomic E-state index is 0.372.